The van der Waals surface area contributed by atoms with E-state index in [1.165, 1.54) is 30.4 Å². The number of nitrogens with one attached hydrogen (secondary N) is 1. The molecule has 19 heavy (non-hydrogen) atoms. The molecule has 108 valence electrons. The summed E-state index contributed by atoms with van der Waals surface area (Å²) in [6, 6.07) is 6.84. The minimum absolute atomic E-state index is 0.344. The number of hydrogen-bond donors (Lipinski definition) is 1. The van der Waals surface area contributed by atoms with E-state index in [9.17, 15) is 0 Å². The highest BCUT2D eigenvalue weighted by Crippen LogP contribution is 2.26. The third-order valence-electron chi connectivity index (χ3n) is 3.40. The monoisotopic (exact) mass is 263 g/mol. The summed E-state index contributed by atoms with van der Waals surface area (Å²) in [4.78, 5) is 0. The van der Waals surface area contributed by atoms with E-state index in [2.05, 4.69) is 51.2 Å². The lowest BCUT2D eigenvalue weighted by atomic mass is 10.0. The van der Waals surface area contributed by atoms with Gasteiger partial charge in [-0.25, -0.2) is 0 Å². The van der Waals surface area contributed by atoms with Crippen LogP contribution in [-0.4, -0.2) is 13.2 Å². The van der Waals surface area contributed by atoms with Gasteiger partial charge in [-0.2, -0.15) is 0 Å². The van der Waals surface area contributed by atoms with E-state index in [1.54, 1.807) is 0 Å². The number of unbranched alkanes of at least 4 members (excludes halogenated alkanes) is 3. The lowest BCUT2D eigenvalue weighted by Gasteiger charge is -2.18. The molecule has 0 bridgehead atoms. The van der Waals surface area contributed by atoms with Gasteiger partial charge in [-0.1, -0.05) is 45.2 Å². The Morgan fingerprint density at radius 3 is 2.63 bits per heavy atom. The number of ether oxygens (including phenoxy) is 1. The van der Waals surface area contributed by atoms with E-state index in [-0.39, 0.29) is 0 Å². The predicted octanol–water partition coefficient (Wildman–Crippen LogP) is 4.62. The van der Waals surface area contributed by atoms with Crippen molar-refractivity contribution in [3.8, 4) is 5.75 Å². The maximum absolute atomic E-state index is 5.99. The van der Waals surface area contributed by atoms with Crippen molar-refractivity contribution >= 4 is 0 Å². The van der Waals surface area contributed by atoms with Gasteiger partial charge < -0.3 is 10.1 Å². The molecule has 1 aromatic rings. The van der Waals surface area contributed by atoms with Gasteiger partial charge >= 0.3 is 0 Å². The van der Waals surface area contributed by atoms with Gasteiger partial charge in [0, 0.05) is 11.6 Å². The summed E-state index contributed by atoms with van der Waals surface area (Å²) in [5.74, 6) is 1.05. The Bertz CT molecular complexity index is 362. The summed E-state index contributed by atoms with van der Waals surface area (Å²) >= 11 is 0. The molecule has 0 saturated carbocycles. The molecule has 0 heterocycles. The molecule has 0 aliphatic carbocycles. The van der Waals surface area contributed by atoms with Gasteiger partial charge in [0.1, 0.15) is 5.75 Å². The number of benzene rings is 1. The van der Waals surface area contributed by atoms with Crippen LogP contribution in [0, 0.1) is 6.92 Å². The molecule has 0 saturated heterocycles. The van der Waals surface area contributed by atoms with Crippen LogP contribution >= 0.6 is 0 Å². The minimum Gasteiger partial charge on any atom is -0.493 e. The zero-order valence-electron chi connectivity index (χ0n) is 13.0. The number of rotatable bonds is 9. The second-order valence-corrected chi connectivity index (χ2v) is 5.23. The Morgan fingerprint density at radius 1 is 1.16 bits per heavy atom. The van der Waals surface area contributed by atoms with Gasteiger partial charge in [0.2, 0.25) is 0 Å². The van der Waals surface area contributed by atoms with Gasteiger partial charge in [0.25, 0.3) is 0 Å². The quantitative estimate of drug-likeness (QED) is 0.656. The molecule has 1 atom stereocenters. The molecule has 0 amide bonds. The SMILES string of the molecule is CCCCCCOc1cc(C)ccc1C(C)NCC. The average molecular weight is 263 g/mol. The zero-order valence-corrected chi connectivity index (χ0v) is 13.0. The molecule has 1 rings (SSSR count). The highest BCUT2D eigenvalue weighted by Gasteiger charge is 2.10. The Balaban J connectivity index is 2.61. The maximum atomic E-state index is 5.99. The first kappa shape index (κ1) is 16.0. The van der Waals surface area contributed by atoms with Crippen molar-refractivity contribution in [2.24, 2.45) is 0 Å². The van der Waals surface area contributed by atoms with Crippen LogP contribution in [0.2, 0.25) is 0 Å². The predicted molar refractivity (Wildman–Crippen MR) is 82.9 cm³/mol. The van der Waals surface area contributed by atoms with Gasteiger partial charge in [-0.05, 0) is 38.4 Å². The van der Waals surface area contributed by atoms with Crippen molar-refractivity contribution < 1.29 is 4.74 Å². The van der Waals surface area contributed by atoms with E-state index in [4.69, 9.17) is 4.74 Å². The smallest absolute Gasteiger partial charge is 0.124 e. The Morgan fingerprint density at radius 2 is 1.95 bits per heavy atom. The van der Waals surface area contributed by atoms with Crippen molar-refractivity contribution in [2.75, 3.05) is 13.2 Å². The summed E-state index contributed by atoms with van der Waals surface area (Å²) in [7, 11) is 0. The summed E-state index contributed by atoms with van der Waals surface area (Å²) in [5, 5.41) is 3.45. The first-order valence-corrected chi connectivity index (χ1v) is 7.65. The third kappa shape index (κ3) is 5.65. The Hall–Kier alpha value is -1.02. The number of aryl methyl sites for hydroxylation is 1. The highest BCUT2D eigenvalue weighted by atomic mass is 16.5. The van der Waals surface area contributed by atoms with Crippen molar-refractivity contribution in [1.82, 2.24) is 5.32 Å². The molecular formula is C17H29NO. The van der Waals surface area contributed by atoms with Crippen LogP contribution in [0.25, 0.3) is 0 Å². The summed E-state index contributed by atoms with van der Waals surface area (Å²) < 4.78 is 5.99. The fraction of sp³-hybridized carbons (Fsp3) is 0.647. The summed E-state index contributed by atoms with van der Waals surface area (Å²) in [5.41, 5.74) is 2.53. The van der Waals surface area contributed by atoms with Crippen LogP contribution in [0.5, 0.6) is 5.75 Å². The summed E-state index contributed by atoms with van der Waals surface area (Å²) in [6.45, 7) is 10.5. The van der Waals surface area contributed by atoms with Crippen LogP contribution in [-0.2, 0) is 0 Å². The number of hydrogen-bond acceptors (Lipinski definition) is 2. The molecule has 2 nitrogen and oxygen atoms in total. The van der Waals surface area contributed by atoms with Crippen LogP contribution in [0.4, 0.5) is 0 Å². The maximum Gasteiger partial charge on any atom is 0.124 e. The second kappa shape index (κ2) is 8.98. The zero-order chi connectivity index (χ0) is 14.1. The largest absolute Gasteiger partial charge is 0.493 e. The van der Waals surface area contributed by atoms with Crippen LogP contribution in [0.1, 0.15) is 63.6 Å². The van der Waals surface area contributed by atoms with E-state index < -0.39 is 0 Å². The van der Waals surface area contributed by atoms with Gasteiger partial charge in [-0.15, -0.1) is 0 Å². The molecule has 1 N–H and O–H groups in total. The Labute approximate surface area is 118 Å². The van der Waals surface area contributed by atoms with Crippen molar-refractivity contribution in [3.05, 3.63) is 29.3 Å². The molecule has 1 aromatic carbocycles. The fourth-order valence-corrected chi connectivity index (χ4v) is 2.25. The van der Waals surface area contributed by atoms with Crippen LogP contribution < -0.4 is 10.1 Å². The molecule has 0 aliphatic rings. The normalized spacial score (nSPS) is 12.4. The van der Waals surface area contributed by atoms with Gasteiger partial charge in [0.15, 0.2) is 0 Å². The second-order valence-electron chi connectivity index (χ2n) is 5.23. The topological polar surface area (TPSA) is 21.3 Å². The van der Waals surface area contributed by atoms with Gasteiger partial charge in [0.05, 0.1) is 6.61 Å². The van der Waals surface area contributed by atoms with Crippen LogP contribution in [0.15, 0.2) is 18.2 Å². The van der Waals surface area contributed by atoms with Crippen LogP contribution in [0.3, 0.4) is 0 Å². The lowest BCUT2D eigenvalue weighted by Crippen LogP contribution is -2.18. The molecule has 0 fully saturated rings. The molecule has 0 radical (unpaired) electrons. The van der Waals surface area contributed by atoms with Crippen molar-refractivity contribution in [2.45, 2.75) is 59.4 Å². The van der Waals surface area contributed by atoms with Crippen molar-refractivity contribution in [1.29, 1.82) is 0 Å². The standard InChI is InChI=1S/C17H29NO/c1-5-7-8-9-12-19-17-13-14(3)10-11-16(17)15(4)18-6-2/h10-11,13,15,18H,5-9,12H2,1-4H3. The highest BCUT2D eigenvalue weighted by molar-refractivity contribution is 5.39. The van der Waals surface area contributed by atoms with Crippen molar-refractivity contribution in [3.63, 3.8) is 0 Å². The van der Waals surface area contributed by atoms with Gasteiger partial charge in [-0.3, -0.25) is 0 Å². The first-order chi connectivity index (χ1) is 9.19. The molecule has 2 heteroatoms. The van der Waals surface area contributed by atoms with E-state index in [0.29, 0.717) is 6.04 Å². The molecule has 0 spiro atoms. The molecule has 1 unspecified atom stereocenters. The lowest BCUT2D eigenvalue weighted by molar-refractivity contribution is 0.299. The Kier molecular flexibility index (Phi) is 7.57. The summed E-state index contributed by atoms with van der Waals surface area (Å²) in [6.07, 6.45) is 4.99. The first-order valence-electron chi connectivity index (χ1n) is 7.65. The van der Waals surface area contributed by atoms with E-state index >= 15 is 0 Å². The average Bonchev–Trinajstić information content (AvgIpc) is 2.39. The minimum atomic E-state index is 0.344. The van der Waals surface area contributed by atoms with E-state index in [1.807, 2.05) is 0 Å². The third-order valence-corrected chi connectivity index (χ3v) is 3.40. The van der Waals surface area contributed by atoms with E-state index in [0.717, 1.165) is 25.3 Å². The molecule has 0 aliphatic heterocycles. The fourth-order valence-electron chi connectivity index (χ4n) is 2.25. The molecular weight excluding hydrogens is 234 g/mol. The molecule has 0 aromatic heterocycles.